The maximum atomic E-state index is 11.4. The average molecular weight is 267 g/mol. The first-order chi connectivity index (χ1) is 9.00. The van der Waals surface area contributed by atoms with Gasteiger partial charge in [0.2, 0.25) is 11.7 Å². The Labute approximate surface area is 110 Å². The topological polar surface area (TPSA) is 102 Å². The highest BCUT2D eigenvalue weighted by atomic mass is 16.6. The molecule has 2 rings (SSSR count). The van der Waals surface area contributed by atoms with Crippen molar-refractivity contribution in [2.45, 2.75) is 19.8 Å². The lowest BCUT2D eigenvalue weighted by Crippen LogP contribution is -2.30. The van der Waals surface area contributed by atoms with Gasteiger partial charge in [-0.2, -0.15) is 5.10 Å². The van der Waals surface area contributed by atoms with Crippen molar-refractivity contribution in [3.05, 3.63) is 15.8 Å². The Balaban J connectivity index is 1.88. The lowest BCUT2D eigenvalue weighted by Gasteiger charge is -2.07. The fourth-order valence-electron chi connectivity index (χ4n) is 1.92. The van der Waals surface area contributed by atoms with Gasteiger partial charge in [-0.05, 0) is 19.8 Å². The number of hydrogen-bond donors (Lipinski definition) is 2. The predicted octanol–water partition coefficient (Wildman–Crippen LogP) is 0.575. The number of anilines is 1. The maximum absolute atomic E-state index is 11.4. The molecule has 1 heterocycles. The fourth-order valence-corrected chi connectivity index (χ4v) is 1.92. The second-order valence-corrected chi connectivity index (χ2v) is 4.66. The molecule has 1 fully saturated rings. The fraction of sp³-hybridized carbons (Fsp3) is 0.636. The monoisotopic (exact) mass is 267 g/mol. The molecule has 0 bridgehead atoms. The van der Waals surface area contributed by atoms with Crippen molar-refractivity contribution in [1.82, 2.24) is 15.1 Å². The molecule has 1 aliphatic carbocycles. The molecular weight excluding hydrogens is 250 g/mol. The summed E-state index contributed by atoms with van der Waals surface area (Å²) in [6.45, 7) is 2.47. The van der Waals surface area contributed by atoms with Crippen molar-refractivity contribution in [2.24, 2.45) is 13.0 Å². The van der Waals surface area contributed by atoms with Crippen LogP contribution in [-0.2, 0) is 11.8 Å². The summed E-state index contributed by atoms with van der Waals surface area (Å²) in [6, 6.07) is 0. The number of nitrogens with one attached hydrogen (secondary N) is 2. The standard InChI is InChI=1S/C11H17N5O3/c1-7-9(16(18)19)10(15(2)14-7)12-5-6-13-11(17)8-3-4-8/h8,12H,3-6H2,1-2H3,(H,13,17). The van der Waals surface area contributed by atoms with Crippen molar-refractivity contribution in [1.29, 1.82) is 0 Å². The molecule has 1 saturated carbocycles. The Kier molecular flexibility index (Phi) is 3.68. The summed E-state index contributed by atoms with van der Waals surface area (Å²) < 4.78 is 1.44. The second kappa shape index (κ2) is 5.25. The third-order valence-corrected chi connectivity index (χ3v) is 3.04. The van der Waals surface area contributed by atoms with E-state index in [0.29, 0.717) is 24.6 Å². The van der Waals surface area contributed by atoms with Gasteiger partial charge in [0, 0.05) is 26.1 Å². The predicted molar refractivity (Wildman–Crippen MR) is 68.8 cm³/mol. The van der Waals surface area contributed by atoms with Crippen LogP contribution in [0.25, 0.3) is 0 Å². The van der Waals surface area contributed by atoms with E-state index in [-0.39, 0.29) is 17.5 Å². The van der Waals surface area contributed by atoms with E-state index < -0.39 is 4.92 Å². The van der Waals surface area contributed by atoms with Gasteiger partial charge in [0.25, 0.3) is 0 Å². The number of nitrogens with zero attached hydrogens (tertiary/aromatic N) is 3. The Morgan fingerprint density at radius 3 is 2.79 bits per heavy atom. The third kappa shape index (κ3) is 3.01. The summed E-state index contributed by atoms with van der Waals surface area (Å²) >= 11 is 0. The smallest absolute Gasteiger partial charge is 0.333 e. The number of amides is 1. The molecule has 8 nitrogen and oxygen atoms in total. The number of aryl methyl sites for hydroxylation is 2. The van der Waals surface area contributed by atoms with Gasteiger partial charge in [-0.3, -0.25) is 14.9 Å². The molecule has 1 amide bonds. The van der Waals surface area contributed by atoms with Crippen molar-refractivity contribution in [3.8, 4) is 0 Å². The zero-order valence-electron chi connectivity index (χ0n) is 11.0. The van der Waals surface area contributed by atoms with Crippen molar-refractivity contribution in [2.75, 3.05) is 18.4 Å². The van der Waals surface area contributed by atoms with Crippen LogP contribution in [0.5, 0.6) is 0 Å². The quantitative estimate of drug-likeness (QED) is 0.446. The number of hydrogen-bond acceptors (Lipinski definition) is 5. The number of aromatic nitrogens is 2. The van der Waals surface area contributed by atoms with Gasteiger partial charge >= 0.3 is 5.69 Å². The van der Waals surface area contributed by atoms with Gasteiger partial charge < -0.3 is 10.6 Å². The summed E-state index contributed by atoms with van der Waals surface area (Å²) in [5.74, 6) is 0.606. The lowest BCUT2D eigenvalue weighted by atomic mass is 10.3. The molecule has 0 spiro atoms. The summed E-state index contributed by atoms with van der Waals surface area (Å²) in [6.07, 6.45) is 1.93. The molecule has 0 aliphatic heterocycles. The van der Waals surface area contributed by atoms with E-state index in [0.717, 1.165) is 12.8 Å². The molecule has 0 radical (unpaired) electrons. The van der Waals surface area contributed by atoms with Crippen LogP contribution in [-0.4, -0.2) is 33.7 Å². The van der Waals surface area contributed by atoms with Gasteiger partial charge in [-0.1, -0.05) is 0 Å². The largest absolute Gasteiger partial charge is 0.363 e. The van der Waals surface area contributed by atoms with E-state index in [1.807, 2.05) is 0 Å². The van der Waals surface area contributed by atoms with E-state index in [2.05, 4.69) is 15.7 Å². The van der Waals surface area contributed by atoms with E-state index in [9.17, 15) is 14.9 Å². The van der Waals surface area contributed by atoms with Crippen molar-refractivity contribution < 1.29 is 9.72 Å². The van der Waals surface area contributed by atoms with Crippen LogP contribution in [0.2, 0.25) is 0 Å². The number of carbonyl (C=O) groups excluding carboxylic acids is 1. The number of rotatable bonds is 6. The van der Waals surface area contributed by atoms with Crippen LogP contribution < -0.4 is 10.6 Å². The minimum absolute atomic E-state index is 0.0176. The van der Waals surface area contributed by atoms with Gasteiger partial charge in [0.1, 0.15) is 5.69 Å². The molecule has 19 heavy (non-hydrogen) atoms. The van der Waals surface area contributed by atoms with Gasteiger partial charge in [0.15, 0.2) is 0 Å². The maximum Gasteiger partial charge on any atom is 0.333 e. The molecule has 1 aromatic heterocycles. The minimum Gasteiger partial charge on any atom is -0.363 e. The Morgan fingerprint density at radius 2 is 2.21 bits per heavy atom. The highest BCUT2D eigenvalue weighted by Gasteiger charge is 2.29. The number of carbonyl (C=O) groups is 1. The lowest BCUT2D eigenvalue weighted by molar-refractivity contribution is -0.384. The molecular formula is C11H17N5O3. The zero-order chi connectivity index (χ0) is 14.0. The van der Waals surface area contributed by atoms with Crippen LogP contribution in [0.3, 0.4) is 0 Å². The van der Waals surface area contributed by atoms with E-state index in [1.54, 1.807) is 14.0 Å². The first-order valence-corrected chi connectivity index (χ1v) is 6.20. The van der Waals surface area contributed by atoms with Crippen LogP contribution in [0.15, 0.2) is 0 Å². The molecule has 2 N–H and O–H groups in total. The van der Waals surface area contributed by atoms with E-state index >= 15 is 0 Å². The molecule has 0 aromatic carbocycles. The molecule has 0 atom stereocenters. The van der Waals surface area contributed by atoms with Crippen molar-refractivity contribution >= 4 is 17.4 Å². The molecule has 0 saturated heterocycles. The molecule has 1 aromatic rings. The van der Waals surface area contributed by atoms with E-state index in [4.69, 9.17) is 0 Å². The summed E-state index contributed by atoms with van der Waals surface area (Å²) in [7, 11) is 1.64. The van der Waals surface area contributed by atoms with Crippen LogP contribution >= 0.6 is 0 Å². The highest BCUT2D eigenvalue weighted by molar-refractivity contribution is 5.80. The second-order valence-electron chi connectivity index (χ2n) is 4.66. The summed E-state index contributed by atoms with van der Waals surface area (Å²) in [4.78, 5) is 21.9. The normalized spacial score (nSPS) is 14.2. The molecule has 1 aliphatic rings. The first kappa shape index (κ1) is 13.3. The van der Waals surface area contributed by atoms with Gasteiger partial charge in [-0.15, -0.1) is 0 Å². The Hall–Kier alpha value is -2.12. The summed E-state index contributed by atoms with van der Waals surface area (Å²) in [5, 5.41) is 20.7. The molecule has 104 valence electrons. The van der Waals surface area contributed by atoms with Crippen molar-refractivity contribution in [3.63, 3.8) is 0 Å². The first-order valence-electron chi connectivity index (χ1n) is 6.20. The van der Waals surface area contributed by atoms with Gasteiger partial charge in [-0.25, -0.2) is 4.68 Å². The molecule has 8 heteroatoms. The summed E-state index contributed by atoms with van der Waals surface area (Å²) in [5.41, 5.74) is 0.355. The van der Waals surface area contributed by atoms with E-state index in [1.165, 1.54) is 4.68 Å². The third-order valence-electron chi connectivity index (χ3n) is 3.04. The minimum atomic E-state index is -0.451. The Morgan fingerprint density at radius 1 is 1.53 bits per heavy atom. The Bertz CT molecular complexity index is 507. The van der Waals surface area contributed by atoms with Crippen LogP contribution in [0, 0.1) is 23.0 Å². The SMILES string of the molecule is Cc1nn(C)c(NCCNC(=O)C2CC2)c1[N+](=O)[O-]. The highest BCUT2D eigenvalue weighted by Crippen LogP contribution is 2.29. The van der Waals surface area contributed by atoms with Crippen LogP contribution in [0.4, 0.5) is 11.5 Å². The van der Waals surface area contributed by atoms with Crippen LogP contribution in [0.1, 0.15) is 18.5 Å². The number of nitro groups is 1. The van der Waals surface area contributed by atoms with Gasteiger partial charge in [0.05, 0.1) is 4.92 Å². The zero-order valence-corrected chi connectivity index (χ0v) is 11.0. The molecule has 0 unspecified atom stereocenters. The average Bonchev–Trinajstić information content (AvgIpc) is 3.11.